The van der Waals surface area contributed by atoms with Gasteiger partial charge >= 0.3 is 0 Å². The quantitative estimate of drug-likeness (QED) is 0.605. The summed E-state index contributed by atoms with van der Waals surface area (Å²) in [6.45, 7) is 0.866. The molecule has 0 atom stereocenters. The van der Waals surface area contributed by atoms with E-state index in [9.17, 15) is 4.39 Å². The molecule has 4 heteroatoms. The minimum absolute atomic E-state index is 0.215. The number of nitrogens with zero attached hydrogens (tertiary/aromatic N) is 1. The Balaban J connectivity index is 2.69. The first-order valence-electron chi connectivity index (χ1n) is 4.74. The average molecular weight is 276 g/mol. The van der Waals surface area contributed by atoms with Crippen LogP contribution in [0.15, 0.2) is 18.2 Å². The van der Waals surface area contributed by atoms with Crippen molar-refractivity contribution in [3.63, 3.8) is 0 Å². The molecule has 1 aromatic carbocycles. The number of rotatable bonds is 5. The fourth-order valence-corrected chi connectivity index (χ4v) is 1.56. The van der Waals surface area contributed by atoms with Crippen LogP contribution in [0.5, 0.6) is 5.75 Å². The second-order valence-corrected chi connectivity index (χ2v) is 3.91. The third-order valence-corrected chi connectivity index (χ3v) is 3.07. The molecule has 1 aromatic rings. The predicted molar refractivity (Wildman–Crippen MR) is 63.1 cm³/mol. The van der Waals surface area contributed by atoms with E-state index >= 15 is 0 Å². The molecule has 0 aliphatic carbocycles. The van der Waals surface area contributed by atoms with Crippen LogP contribution in [0.4, 0.5) is 4.39 Å². The van der Waals surface area contributed by atoms with E-state index in [0.29, 0.717) is 0 Å². The van der Waals surface area contributed by atoms with E-state index < -0.39 is 0 Å². The van der Waals surface area contributed by atoms with Gasteiger partial charge in [0.25, 0.3) is 0 Å². The molecule has 0 saturated heterocycles. The van der Waals surface area contributed by atoms with Crippen LogP contribution >= 0.6 is 15.9 Å². The molecule has 0 unspecified atom stereocenters. The van der Waals surface area contributed by atoms with Gasteiger partial charge in [-0.05, 0) is 37.2 Å². The first-order valence-corrected chi connectivity index (χ1v) is 5.86. The zero-order valence-corrected chi connectivity index (χ0v) is 10.6. The number of likely N-dealkylation sites (N-methyl/N-ethyl adjacent to an activating group) is 1. The molecule has 0 spiro atoms. The third kappa shape index (κ3) is 3.80. The number of hydrogen-bond acceptors (Lipinski definition) is 2. The highest BCUT2D eigenvalue weighted by molar-refractivity contribution is 9.09. The summed E-state index contributed by atoms with van der Waals surface area (Å²) in [5.41, 5.74) is 1.72. The second kappa shape index (κ2) is 6.08. The van der Waals surface area contributed by atoms with E-state index in [-0.39, 0.29) is 5.82 Å². The highest BCUT2D eigenvalue weighted by Crippen LogP contribution is 2.19. The number of methoxy groups -OCH3 is 1. The van der Waals surface area contributed by atoms with Crippen molar-refractivity contribution in [1.29, 1.82) is 0 Å². The molecular formula is C11H15BrFNO. The van der Waals surface area contributed by atoms with Crippen LogP contribution < -0.4 is 4.74 Å². The Kier molecular flexibility index (Phi) is 5.05. The van der Waals surface area contributed by atoms with Gasteiger partial charge in [-0.3, -0.25) is 4.90 Å². The minimum atomic E-state index is -0.215. The summed E-state index contributed by atoms with van der Waals surface area (Å²) >= 11 is 3.36. The highest BCUT2D eigenvalue weighted by Gasteiger charge is 2.05. The Bertz CT molecular complexity index is 319. The highest BCUT2D eigenvalue weighted by atomic mass is 79.9. The molecule has 15 heavy (non-hydrogen) atoms. The molecular weight excluding hydrogens is 261 g/mol. The van der Waals surface area contributed by atoms with Gasteiger partial charge in [0, 0.05) is 6.54 Å². The minimum Gasteiger partial charge on any atom is -0.496 e. The number of ether oxygens (including phenoxy) is 1. The zero-order valence-electron chi connectivity index (χ0n) is 8.96. The number of hydrogen-bond donors (Lipinski definition) is 0. The Morgan fingerprint density at radius 1 is 1.47 bits per heavy atom. The van der Waals surface area contributed by atoms with Crippen LogP contribution in [-0.2, 0) is 6.42 Å². The number of benzene rings is 1. The maximum atomic E-state index is 13.0. The summed E-state index contributed by atoms with van der Waals surface area (Å²) in [5, 5.41) is 0. The fraction of sp³-hybridized carbons (Fsp3) is 0.455. The van der Waals surface area contributed by atoms with E-state index in [1.807, 2.05) is 7.05 Å². The lowest BCUT2D eigenvalue weighted by Crippen LogP contribution is -2.19. The zero-order chi connectivity index (χ0) is 11.3. The van der Waals surface area contributed by atoms with Crippen LogP contribution in [0.3, 0.4) is 0 Å². The number of alkyl halides is 1. The Hall–Kier alpha value is -0.610. The van der Waals surface area contributed by atoms with Gasteiger partial charge in [0.05, 0.1) is 12.6 Å². The average Bonchev–Trinajstić information content (AvgIpc) is 2.26. The molecule has 0 heterocycles. The molecule has 0 aromatic heterocycles. The van der Waals surface area contributed by atoms with Crippen molar-refractivity contribution < 1.29 is 9.13 Å². The van der Waals surface area contributed by atoms with Crippen molar-refractivity contribution >= 4 is 15.9 Å². The molecule has 0 saturated carbocycles. The van der Waals surface area contributed by atoms with E-state index in [4.69, 9.17) is 4.74 Å². The van der Waals surface area contributed by atoms with Crippen LogP contribution in [-0.4, -0.2) is 31.1 Å². The summed E-state index contributed by atoms with van der Waals surface area (Å²) in [4.78, 5) is 2.10. The van der Waals surface area contributed by atoms with E-state index in [0.717, 1.165) is 29.7 Å². The van der Waals surface area contributed by atoms with Crippen molar-refractivity contribution in [3.05, 3.63) is 29.6 Å². The third-order valence-electron chi connectivity index (χ3n) is 2.21. The first-order chi connectivity index (χ1) is 7.17. The molecule has 0 fully saturated rings. The van der Waals surface area contributed by atoms with Gasteiger partial charge in [0.15, 0.2) is 0 Å². The summed E-state index contributed by atoms with van der Waals surface area (Å²) in [5.74, 6) is 0.534. The molecule has 2 nitrogen and oxygen atoms in total. The van der Waals surface area contributed by atoms with Crippen molar-refractivity contribution in [3.8, 4) is 5.75 Å². The van der Waals surface area contributed by atoms with E-state index in [2.05, 4.69) is 20.8 Å². The van der Waals surface area contributed by atoms with Crippen molar-refractivity contribution in [2.75, 3.05) is 26.2 Å². The summed E-state index contributed by atoms with van der Waals surface area (Å²) in [6.07, 6.45) is 0.781. The normalized spacial score (nSPS) is 10.7. The molecule has 0 aliphatic heterocycles. The maximum absolute atomic E-state index is 13.0. The lowest BCUT2D eigenvalue weighted by molar-refractivity contribution is 0.385. The molecule has 0 aliphatic rings. The van der Waals surface area contributed by atoms with Crippen molar-refractivity contribution in [1.82, 2.24) is 4.90 Å². The Morgan fingerprint density at radius 3 is 2.80 bits per heavy atom. The SMILES string of the molecule is COc1ccc(F)cc1CCN(C)CBr. The first kappa shape index (κ1) is 12.5. The maximum Gasteiger partial charge on any atom is 0.123 e. The lowest BCUT2D eigenvalue weighted by atomic mass is 10.1. The van der Waals surface area contributed by atoms with Gasteiger partial charge < -0.3 is 4.74 Å². The summed E-state index contributed by atoms with van der Waals surface area (Å²) in [7, 11) is 3.60. The molecule has 0 bridgehead atoms. The van der Waals surface area contributed by atoms with Crippen molar-refractivity contribution in [2.45, 2.75) is 6.42 Å². The smallest absolute Gasteiger partial charge is 0.123 e. The Labute approximate surface area is 98.2 Å². The van der Waals surface area contributed by atoms with Gasteiger partial charge in [0.2, 0.25) is 0 Å². The topological polar surface area (TPSA) is 12.5 Å². The number of halogens is 2. The molecule has 0 radical (unpaired) electrons. The molecule has 0 amide bonds. The second-order valence-electron chi connectivity index (χ2n) is 3.41. The molecule has 84 valence electrons. The van der Waals surface area contributed by atoms with Crippen LogP contribution in [0, 0.1) is 5.82 Å². The van der Waals surface area contributed by atoms with Crippen LogP contribution in [0.1, 0.15) is 5.56 Å². The Morgan fingerprint density at radius 2 is 2.20 bits per heavy atom. The standard InChI is InChI=1S/C11H15BrFNO/c1-14(8-12)6-5-9-7-10(13)3-4-11(9)15-2/h3-4,7H,5-6,8H2,1-2H3. The van der Waals surface area contributed by atoms with Gasteiger partial charge in [-0.1, -0.05) is 15.9 Å². The summed E-state index contributed by atoms with van der Waals surface area (Å²) < 4.78 is 18.2. The lowest BCUT2D eigenvalue weighted by Gasteiger charge is -2.14. The van der Waals surface area contributed by atoms with Gasteiger partial charge in [-0.2, -0.15) is 0 Å². The van der Waals surface area contributed by atoms with E-state index in [1.54, 1.807) is 13.2 Å². The molecule has 1 rings (SSSR count). The van der Waals surface area contributed by atoms with Crippen LogP contribution in [0.2, 0.25) is 0 Å². The predicted octanol–water partition coefficient (Wildman–Crippen LogP) is 2.66. The van der Waals surface area contributed by atoms with Gasteiger partial charge in [-0.25, -0.2) is 4.39 Å². The fourth-order valence-electron chi connectivity index (χ4n) is 1.31. The van der Waals surface area contributed by atoms with Crippen molar-refractivity contribution in [2.24, 2.45) is 0 Å². The monoisotopic (exact) mass is 275 g/mol. The summed E-state index contributed by atoms with van der Waals surface area (Å²) in [6, 6.07) is 4.61. The largest absolute Gasteiger partial charge is 0.496 e. The van der Waals surface area contributed by atoms with Gasteiger partial charge in [-0.15, -0.1) is 0 Å². The van der Waals surface area contributed by atoms with E-state index in [1.165, 1.54) is 12.1 Å². The van der Waals surface area contributed by atoms with Crippen LogP contribution in [0.25, 0.3) is 0 Å². The molecule has 0 N–H and O–H groups in total. The van der Waals surface area contributed by atoms with Gasteiger partial charge in [0.1, 0.15) is 11.6 Å².